The fourth-order valence-electron chi connectivity index (χ4n) is 2.07. The largest absolute Gasteiger partial charge is 0.376 e. The molecule has 128 valence electrons. The van der Waals surface area contributed by atoms with Gasteiger partial charge in [0.1, 0.15) is 0 Å². The summed E-state index contributed by atoms with van der Waals surface area (Å²) in [6, 6.07) is 5.84. The van der Waals surface area contributed by atoms with E-state index in [1.54, 1.807) is 0 Å². The van der Waals surface area contributed by atoms with Gasteiger partial charge in [-0.1, -0.05) is 6.92 Å². The van der Waals surface area contributed by atoms with Crippen molar-refractivity contribution in [1.29, 1.82) is 0 Å². The summed E-state index contributed by atoms with van der Waals surface area (Å²) < 4.78 is 37.1. The maximum absolute atomic E-state index is 12.0. The molecule has 1 unspecified atom stereocenters. The quantitative estimate of drug-likeness (QED) is 0.753. The second-order valence-corrected chi connectivity index (χ2v) is 6.97. The minimum atomic E-state index is -3.51. The van der Waals surface area contributed by atoms with Gasteiger partial charge in [-0.25, -0.2) is 13.1 Å². The third-order valence-corrected chi connectivity index (χ3v) is 4.82. The highest BCUT2D eigenvalue weighted by molar-refractivity contribution is 7.89. The van der Waals surface area contributed by atoms with Crippen molar-refractivity contribution >= 4 is 15.9 Å². The van der Waals surface area contributed by atoms with Crippen molar-refractivity contribution in [3.8, 4) is 0 Å². The van der Waals surface area contributed by atoms with Crippen molar-refractivity contribution < 1.29 is 22.7 Å². The van der Waals surface area contributed by atoms with Gasteiger partial charge in [-0.05, 0) is 30.7 Å². The van der Waals surface area contributed by atoms with Crippen LogP contribution in [0.3, 0.4) is 0 Å². The number of carbonyl (C=O) groups excluding carboxylic acids is 1. The number of ether oxygens (including phenoxy) is 2. The van der Waals surface area contributed by atoms with Crippen molar-refractivity contribution in [1.82, 2.24) is 10.0 Å². The van der Waals surface area contributed by atoms with Gasteiger partial charge in [0.15, 0.2) is 0 Å². The van der Waals surface area contributed by atoms with Crippen molar-refractivity contribution in [3.05, 3.63) is 29.8 Å². The number of amides is 1. The summed E-state index contributed by atoms with van der Waals surface area (Å²) in [5, 5.41) is 2.75. The minimum absolute atomic E-state index is 0.145. The van der Waals surface area contributed by atoms with E-state index in [-0.39, 0.29) is 16.9 Å². The van der Waals surface area contributed by atoms with Gasteiger partial charge in [0.05, 0.1) is 30.8 Å². The molecule has 0 aliphatic carbocycles. The lowest BCUT2D eigenvalue weighted by Crippen LogP contribution is -2.39. The van der Waals surface area contributed by atoms with Gasteiger partial charge in [0.25, 0.3) is 5.91 Å². The SMILES string of the molecule is CCCNS(=O)(=O)c1ccc(C(=O)NCC2COCCO2)cc1. The summed E-state index contributed by atoms with van der Waals surface area (Å²) in [5.41, 5.74) is 0.399. The van der Waals surface area contributed by atoms with Gasteiger partial charge in [0, 0.05) is 18.7 Å². The molecule has 0 radical (unpaired) electrons. The van der Waals surface area contributed by atoms with E-state index < -0.39 is 10.0 Å². The fourth-order valence-corrected chi connectivity index (χ4v) is 3.20. The summed E-state index contributed by atoms with van der Waals surface area (Å²) in [6.07, 6.45) is 0.567. The van der Waals surface area contributed by atoms with E-state index in [9.17, 15) is 13.2 Å². The standard InChI is InChI=1S/C15H22N2O5S/c1-2-7-17-23(19,20)14-5-3-12(4-6-14)15(18)16-10-13-11-21-8-9-22-13/h3-6,13,17H,2,7-11H2,1H3,(H,16,18). The molecule has 0 spiro atoms. The Labute approximate surface area is 136 Å². The molecule has 23 heavy (non-hydrogen) atoms. The van der Waals surface area contributed by atoms with Crippen LogP contribution in [-0.4, -0.2) is 53.3 Å². The van der Waals surface area contributed by atoms with Crippen LogP contribution in [0.4, 0.5) is 0 Å². The van der Waals surface area contributed by atoms with E-state index >= 15 is 0 Å². The molecule has 0 saturated carbocycles. The van der Waals surface area contributed by atoms with Crippen LogP contribution in [0.1, 0.15) is 23.7 Å². The molecule has 0 aromatic heterocycles. The lowest BCUT2D eigenvalue weighted by Gasteiger charge is -2.23. The van der Waals surface area contributed by atoms with Crippen LogP contribution < -0.4 is 10.0 Å². The molecule has 1 aliphatic rings. The van der Waals surface area contributed by atoms with E-state index in [0.29, 0.717) is 44.9 Å². The molecule has 2 N–H and O–H groups in total. The zero-order chi connectivity index (χ0) is 16.7. The summed E-state index contributed by atoms with van der Waals surface area (Å²) in [5.74, 6) is -0.273. The topological polar surface area (TPSA) is 93.7 Å². The van der Waals surface area contributed by atoms with E-state index in [4.69, 9.17) is 9.47 Å². The molecular weight excluding hydrogens is 320 g/mol. The molecule has 1 aromatic carbocycles. The highest BCUT2D eigenvalue weighted by atomic mass is 32.2. The average molecular weight is 342 g/mol. The molecule has 2 rings (SSSR count). The van der Waals surface area contributed by atoms with Gasteiger partial charge in [0.2, 0.25) is 10.0 Å². The second kappa shape index (κ2) is 8.39. The number of hydrogen-bond acceptors (Lipinski definition) is 5. The van der Waals surface area contributed by atoms with Gasteiger partial charge < -0.3 is 14.8 Å². The van der Waals surface area contributed by atoms with Gasteiger partial charge in [-0.3, -0.25) is 4.79 Å². The number of carbonyl (C=O) groups is 1. The lowest BCUT2D eigenvalue weighted by atomic mass is 10.2. The first kappa shape index (κ1) is 17.9. The number of sulfonamides is 1. The molecular formula is C15H22N2O5S. The minimum Gasteiger partial charge on any atom is -0.376 e. The molecule has 7 nitrogen and oxygen atoms in total. The van der Waals surface area contributed by atoms with Crippen LogP contribution >= 0.6 is 0 Å². The molecule has 1 heterocycles. The smallest absolute Gasteiger partial charge is 0.251 e. The molecule has 1 fully saturated rings. The Balaban J connectivity index is 1.91. The number of hydrogen-bond donors (Lipinski definition) is 2. The molecule has 1 atom stereocenters. The van der Waals surface area contributed by atoms with Crippen LogP contribution in [0.15, 0.2) is 29.2 Å². The third-order valence-electron chi connectivity index (χ3n) is 3.34. The second-order valence-electron chi connectivity index (χ2n) is 5.20. The average Bonchev–Trinajstić information content (AvgIpc) is 2.59. The predicted molar refractivity (Wildman–Crippen MR) is 84.8 cm³/mol. The van der Waals surface area contributed by atoms with Crippen molar-refractivity contribution in [2.45, 2.75) is 24.3 Å². The van der Waals surface area contributed by atoms with Gasteiger partial charge >= 0.3 is 0 Å². The molecule has 1 amide bonds. The summed E-state index contributed by atoms with van der Waals surface area (Å²) >= 11 is 0. The van der Waals surface area contributed by atoms with Gasteiger partial charge in [-0.15, -0.1) is 0 Å². The Morgan fingerprint density at radius 1 is 1.26 bits per heavy atom. The van der Waals surface area contributed by atoms with Crippen LogP contribution in [0.25, 0.3) is 0 Å². The summed E-state index contributed by atoms with van der Waals surface area (Å²) in [6.45, 7) is 4.19. The Morgan fingerprint density at radius 3 is 2.61 bits per heavy atom. The Hall–Kier alpha value is -1.48. The fraction of sp³-hybridized carbons (Fsp3) is 0.533. The first-order valence-corrected chi connectivity index (χ1v) is 9.08. The van der Waals surface area contributed by atoms with Crippen molar-refractivity contribution in [2.75, 3.05) is 32.9 Å². The highest BCUT2D eigenvalue weighted by Crippen LogP contribution is 2.10. The first-order valence-electron chi connectivity index (χ1n) is 7.60. The number of nitrogens with one attached hydrogen (secondary N) is 2. The molecule has 1 aliphatic heterocycles. The lowest BCUT2D eigenvalue weighted by molar-refractivity contribution is -0.0855. The van der Waals surface area contributed by atoms with E-state index in [1.165, 1.54) is 24.3 Å². The summed E-state index contributed by atoms with van der Waals surface area (Å²) in [4.78, 5) is 12.2. The molecule has 1 saturated heterocycles. The number of benzene rings is 1. The monoisotopic (exact) mass is 342 g/mol. The predicted octanol–water partition coefficient (Wildman–Crippen LogP) is 0.520. The normalized spacial score (nSPS) is 18.6. The first-order chi connectivity index (χ1) is 11.0. The zero-order valence-electron chi connectivity index (χ0n) is 13.1. The van der Waals surface area contributed by atoms with Crippen molar-refractivity contribution in [3.63, 3.8) is 0 Å². The Bertz CT molecular complexity index is 609. The molecule has 1 aromatic rings. The highest BCUT2D eigenvalue weighted by Gasteiger charge is 2.17. The van der Waals surface area contributed by atoms with Crippen LogP contribution in [0.2, 0.25) is 0 Å². The third kappa shape index (κ3) is 5.28. The molecule has 0 bridgehead atoms. The molecule has 8 heteroatoms. The van der Waals surface area contributed by atoms with Crippen LogP contribution in [0.5, 0.6) is 0 Å². The Morgan fingerprint density at radius 2 is 2.00 bits per heavy atom. The number of rotatable bonds is 7. The summed E-state index contributed by atoms with van der Waals surface area (Å²) in [7, 11) is -3.51. The van der Waals surface area contributed by atoms with E-state index in [2.05, 4.69) is 10.0 Å². The van der Waals surface area contributed by atoms with Crippen LogP contribution in [0, 0.1) is 0 Å². The zero-order valence-corrected chi connectivity index (χ0v) is 13.9. The van der Waals surface area contributed by atoms with Gasteiger partial charge in [-0.2, -0.15) is 0 Å². The van der Waals surface area contributed by atoms with E-state index in [1.807, 2.05) is 6.92 Å². The van der Waals surface area contributed by atoms with Crippen LogP contribution in [-0.2, 0) is 19.5 Å². The maximum atomic E-state index is 12.0. The van der Waals surface area contributed by atoms with E-state index in [0.717, 1.165) is 0 Å². The van der Waals surface area contributed by atoms with Crippen molar-refractivity contribution in [2.24, 2.45) is 0 Å². The Kier molecular flexibility index (Phi) is 6.52. The maximum Gasteiger partial charge on any atom is 0.251 e.